The minimum atomic E-state index is -0.275. The van der Waals surface area contributed by atoms with Crippen molar-refractivity contribution in [2.75, 3.05) is 26.0 Å². The SMILES string of the molecule is CCNC(=NCc1ccc(NC(=O)c2ccco2)cc1)N(C)Cc1ccccc1OC.I. The van der Waals surface area contributed by atoms with E-state index >= 15 is 0 Å². The summed E-state index contributed by atoms with van der Waals surface area (Å²) in [6.45, 7) is 4.01. The van der Waals surface area contributed by atoms with E-state index in [0.717, 1.165) is 29.4 Å². The molecule has 0 atom stereocenters. The molecular weight excluding hydrogens is 519 g/mol. The Bertz CT molecular complexity index is 1000. The number of hydrogen-bond donors (Lipinski definition) is 2. The third-order valence-electron chi connectivity index (χ3n) is 4.66. The first-order valence-electron chi connectivity index (χ1n) is 10.2. The lowest BCUT2D eigenvalue weighted by atomic mass is 10.2. The Labute approximate surface area is 205 Å². The van der Waals surface area contributed by atoms with Crippen LogP contribution in [0.5, 0.6) is 5.75 Å². The molecule has 32 heavy (non-hydrogen) atoms. The third-order valence-corrected chi connectivity index (χ3v) is 4.66. The summed E-state index contributed by atoms with van der Waals surface area (Å²) in [5.41, 5.74) is 2.83. The number of amides is 1. The number of ether oxygens (including phenoxy) is 1. The van der Waals surface area contributed by atoms with Gasteiger partial charge < -0.3 is 24.7 Å². The maximum atomic E-state index is 12.1. The number of anilines is 1. The van der Waals surface area contributed by atoms with Gasteiger partial charge in [0.1, 0.15) is 5.75 Å². The van der Waals surface area contributed by atoms with Crippen LogP contribution in [0.3, 0.4) is 0 Å². The number of furan rings is 1. The maximum Gasteiger partial charge on any atom is 0.291 e. The summed E-state index contributed by atoms with van der Waals surface area (Å²) >= 11 is 0. The Morgan fingerprint density at radius 1 is 1.09 bits per heavy atom. The van der Waals surface area contributed by atoms with Crippen LogP contribution in [0.1, 0.15) is 28.6 Å². The van der Waals surface area contributed by atoms with Gasteiger partial charge in [-0.25, -0.2) is 4.99 Å². The van der Waals surface area contributed by atoms with E-state index in [-0.39, 0.29) is 35.6 Å². The smallest absolute Gasteiger partial charge is 0.291 e. The predicted octanol–water partition coefficient (Wildman–Crippen LogP) is 4.76. The molecule has 0 unspecified atom stereocenters. The lowest BCUT2D eigenvalue weighted by Crippen LogP contribution is -2.38. The second-order valence-corrected chi connectivity index (χ2v) is 6.97. The van der Waals surface area contributed by atoms with Gasteiger partial charge in [-0.1, -0.05) is 30.3 Å². The summed E-state index contributed by atoms with van der Waals surface area (Å²) in [7, 11) is 3.68. The van der Waals surface area contributed by atoms with Gasteiger partial charge in [0.25, 0.3) is 5.91 Å². The van der Waals surface area contributed by atoms with Crippen molar-refractivity contribution in [3.8, 4) is 5.75 Å². The molecule has 0 spiro atoms. The minimum Gasteiger partial charge on any atom is -0.496 e. The normalized spacial score (nSPS) is 10.8. The molecule has 7 nitrogen and oxygen atoms in total. The Morgan fingerprint density at radius 2 is 1.84 bits per heavy atom. The highest BCUT2D eigenvalue weighted by atomic mass is 127. The molecule has 0 bridgehead atoms. The van der Waals surface area contributed by atoms with Gasteiger partial charge in [-0.3, -0.25) is 4.79 Å². The summed E-state index contributed by atoms with van der Waals surface area (Å²) in [6, 6.07) is 18.9. The van der Waals surface area contributed by atoms with Crippen molar-refractivity contribution in [3.63, 3.8) is 0 Å². The number of guanidine groups is 1. The van der Waals surface area contributed by atoms with Crippen molar-refractivity contribution in [3.05, 3.63) is 83.8 Å². The molecule has 0 fully saturated rings. The highest BCUT2D eigenvalue weighted by Crippen LogP contribution is 2.19. The largest absolute Gasteiger partial charge is 0.496 e. The second kappa shape index (κ2) is 12.7. The van der Waals surface area contributed by atoms with E-state index in [1.807, 2.05) is 56.4 Å². The lowest BCUT2D eigenvalue weighted by molar-refractivity contribution is 0.0996. The van der Waals surface area contributed by atoms with Gasteiger partial charge in [0.05, 0.1) is 19.9 Å². The van der Waals surface area contributed by atoms with Crippen LogP contribution in [0.25, 0.3) is 0 Å². The Morgan fingerprint density at radius 3 is 2.50 bits per heavy atom. The number of rotatable bonds is 8. The highest BCUT2D eigenvalue weighted by molar-refractivity contribution is 14.0. The van der Waals surface area contributed by atoms with Crippen molar-refractivity contribution in [1.82, 2.24) is 10.2 Å². The number of nitrogens with zero attached hydrogens (tertiary/aromatic N) is 2. The monoisotopic (exact) mass is 548 g/mol. The van der Waals surface area contributed by atoms with E-state index in [1.165, 1.54) is 6.26 Å². The van der Waals surface area contributed by atoms with Gasteiger partial charge in [-0.15, -0.1) is 24.0 Å². The van der Waals surface area contributed by atoms with Crippen LogP contribution in [-0.2, 0) is 13.1 Å². The van der Waals surface area contributed by atoms with Crippen LogP contribution >= 0.6 is 24.0 Å². The van der Waals surface area contributed by atoms with Crippen LogP contribution in [-0.4, -0.2) is 37.5 Å². The predicted molar refractivity (Wildman–Crippen MR) is 138 cm³/mol. The lowest BCUT2D eigenvalue weighted by Gasteiger charge is -2.23. The molecule has 0 saturated carbocycles. The van der Waals surface area contributed by atoms with Crippen molar-refractivity contribution in [2.24, 2.45) is 4.99 Å². The number of carbonyl (C=O) groups is 1. The molecule has 0 aliphatic carbocycles. The Kier molecular flexibility index (Phi) is 10.1. The van der Waals surface area contributed by atoms with Gasteiger partial charge in [-0.05, 0) is 42.8 Å². The van der Waals surface area contributed by atoms with Gasteiger partial charge in [0.2, 0.25) is 0 Å². The van der Waals surface area contributed by atoms with Crippen molar-refractivity contribution in [2.45, 2.75) is 20.0 Å². The summed E-state index contributed by atoms with van der Waals surface area (Å²) in [5.74, 6) is 1.67. The summed E-state index contributed by atoms with van der Waals surface area (Å²) in [6.07, 6.45) is 1.48. The fraction of sp³-hybridized carbons (Fsp3) is 0.250. The topological polar surface area (TPSA) is 79.1 Å². The van der Waals surface area contributed by atoms with Gasteiger partial charge in [0.15, 0.2) is 11.7 Å². The zero-order valence-electron chi connectivity index (χ0n) is 18.5. The fourth-order valence-corrected chi connectivity index (χ4v) is 3.09. The molecule has 0 radical (unpaired) electrons. The average Bonchev–Trinajstić information content (AvgIpc) is 3.33. The van der Waals surface area contributed by atoms with Crippen LogP contribution in [0, 0.1) is 0 Å². The van der Waals surface area contributed by atoms with Crippen molar-refractivity contribution >= 4 is 41.5 Å². The van der Waals surface area contributed by atoms with E-state index in [9.17, 15) is 4.79 Å². The number of para-hydroxylation sites is 1. The molecule has 2 N–H and O–H groups in total. The van der Waals surface area contributed by atoms with Gasteiger partial charge in [-0.2, -0.15) is 0 Å². The molecule has 1 aromatic heterocycles. The van der Waals surface area contributed by atoms with E-state index in [1.54, 1.807) is 19.2 Å². The van der Waals surface area contributed by atoms with Gasteiger partial charge >= 0.3 is 0 Å². The highest BCUT2D eigenvalue weighted by Gasteiger charge is 2.11. The third kappa shape index (κ3) is 7.01. The quantitative estimate of drug-likeness (QED) is 0.241. The molecule has 0 saturated heterocycles. The van der Waals surface area contributed by atoms with E-state index in [0.29, 0.717) is 18.8 Å². The molecule has 1 heterocycles. The zero-order chi connectivity index (χ0) is 22.1. The number of benzene rings is 2. The molecule has 170 valence electrons. The number of nitrogens with one attached hydrogen (secondary N) is 2. The number of aliphatic imine (C=N–C) groups is 1. The maximum absolute atomic E-state index is 12.1. The molecule has 0 aliphatic heterocycles. The molecule has 1 amide bonds. The van der Waals surface area contributed by atoms with E-state index in [2.05, 4.69) is 21.6 Å². The minimum absolute atomic E-state index is 0. The number of hydrogen-bond acceptors (Lipinski definition) is 4. The van der Waals surface area contributed by atoms with Crippen LogP contribution < -0.4 is 15.4 Å². The van der Waals surface area contributed by atoms with E-state index < -0.39 is 0 Å². The fourth-order valence-electron chi connectivity index (χ4n) is 3.09. The Hall–Kier alpha value is -3.01. The van der Waals surface area contributed by atoms with Crippen molar-refractivity contribution < 1.29 is 13.9 Å². The molecule has 0 aliphatic rings. The van der Waals surface area contributed by atoms with Gasteiger partial charge in [0, 0.05) is 31.4 Å². The summed E-state index contributed by atoms with van der Waals surface area (Å²) in [5, 5.41) is 6.14. The molecular formula is C24H29IN4O3. The van der Waals surface area contributed by atoms with Crippen LogP contribution in [0.4, 0.5) is 5.69 Å². The van der Waals surface area contributed by atoms with Crippen LogP contribution in [0.2, 0.25) is 0 Å². The number of methoxy groups -OCH3 is 1. The standard InChI is InChI=1S/C24H28N4O3.HI/c1-4-25-24(28(2)17-19-8-5-6-9-21(19)30-3)26-16-18-11-13-20(14-12-18)27-23(29)22-10-7-15-31-22;/h5-15H,4,16-17H2,1-3H3,(H,25,26)(H,27,29);1H. The molecule has 3 rings (SSSR count). The molecule has 2 aromatic carbocycles. The zero-order valence-corrected chi connectivity index (χ0v) is 20.8. The first-order valence-corrected chi connectivity index (χ1v) is 10.2. The first-order chi connectivity index (χ1) is 15.1. The molecule has 3 aromatic rings. The second-order valence-electron chi connectivity index (χ2n) is 6.97. The van der Waals surface area contributed by atoms with Crippen LogP contribution in [0.15, 0.2) is 76.3 Å². The van der Waals surface area contributed by atoms with E-state index in [4.69, 9.17) is 14.1 Å². The Balaban J connectivity index is 0.00000363. The van der Waals surface area contributed by atoms with Crippen molar-refractivity contribution in [1.29, 1.82) is 0 Å². The molecule has 8 heteroatoms. The number of halogens is 1. The average molecular weight is 548 g/mol. The summed E-state index contributed by atoms with van der Waals surface area (Å²) < 4.78 is 10.6. The number of carbonyl (C=O) groups excluding carboxylic acids is 1. The summed E-state index contributed by atoms with van der Waals surface area (Å²) in [4.78, 5) is 18.9. The first kappa shape index (κ1) is 25.3.